The third-order valence-electron chi connectivity index (χ3n) is 6.98. The van der Waals surface area contributed by atoms with Gasteiger partial charge in [-0.25, -0.2) is 13.1 Å². The van der Waals surface area contributed by atoms with Crippen LogP contribution in [-0.4, -0.2) is 43.4 Å². The third-order valence-corrected chi connectivity index (χ3v) is 8.37. The van der Waals surface area contributed by atoms with E-state index in [2.05, 4.69) is 21.3 Å². The van der Waals surface area contributed by atoms with E-state index in [0.29, 0.717) is 34.4 Å². The zero-order valence-electron chi connectivity index (χ0n) is 24.3. The number of aromatic nitrogens is 1. The standard InChI is InChI=1S/C30H37N5O5S/c1-7-8-13-27(36)35(6)28(19(2)3)29(37)32-18-22-14-15-24(23(16-22)17-31)25-11-9-10-12-26(25)41(38,39)34-30-20(4)21(5)33-40-30/h9-12,14-16,19,28,34H,7-8,13,18H2,1-6H3,(H,32,37)/t28-/m0/s1. The Labute approximate surface area is 241 Å². The smallest absolute Gasteiger partial charge is 0.264 e. The fraction of sp³-hybridized carbons (Fsp3) is 0.400. The predicted molar refractivity (Wildman–Crippen MR) is 156 cm³/mol. The first-order valence-corrected chi connectivity index (χ1v) is 15.0. The van der Waals surface area contributed by atoms with Crippen molar-refractivity contribution < 1.29 is 22.5 Å². The normalized spacial score (nSPS) is 12.0. The maximum Gasteiger partial charge on any atom is 0.264 e. The number of hydrogen-bond acceptors (Lipinski definition) is 7. The van der Waals surface area contributed by atoms with Gasteiger partial charge in [0.15, 0.2) is 0 Å². The van der Waals surface area contributed by atoms with Gasteiger partial charge in [-0.15, -0.1) is 0 Å². The van der Waals surface area contributed by atoms with Gasteiger partial charge in [-0.05, 0) is 43.9 Å². The molecular weight excluding hydrogens is 542 g/mol. The van der Waals surface area contributed by atoms with Gasteiger partial charge < -0.3 is 14.7 Å². The second-order valence-electron chi connectivity index (χ2n) is 10.3. The number of unbranched alkanes of at least 4 members (excludes halogenated alkanes) is 1. The molecule has 0 unspecified atom stereocenters. The van der Waals surface area contributed by atoms with Crippen molar-refractivity contribution >= 4 is 27.7 Å². The molecule has 3 rings (SSSR count). The Hall–Kier alpha value is -4.17. The molecule has 2 amide bonds. The van der Waals surface area contributed by atoms with Crippen LogP contribution in [-0.2, 0) is 26.2 Å². The Kier molecular flexibility index (Phi) is 10.3. The van der Waals surface area contributed by atoms with Crippen molar-refractivity contribution in [3.8, 4) is 17.2 Å². The van der Waals surface area contributed by atoms with E-state index in [-0.39, 0.29) is 40.6 Å². The quantitative estimate of drug-likeness (QED) is 0.310. The summed E-state index contributed by atoms with van der Waals surface area (Å²) in [7, 11) is -2.43. The van der Waals surface area contributed by atoms with Crippen molar-refractivity contribution in [2.45, 2.75) is 71.4 Å². The summed E-state index contributed by atoms with van der Waals surface area (Å²) in [5.74, 6) is -0.426. The lowest BCUT2D eigenvalue weighted by molar-refractivity contribution is -0.140. The number of anilines is 1. The molecule has 0 fully saturated rings. The lowest BCUT2D eigenvalue weighted by Gasteiger charge is -2.30. The van der Waals surface area contributed by atoms with E-state index in [9.17, 15) is 23.3 Å². The molecule has 0 radical (unpaired) electrons. The van der Waals surface area contributed by atoms with Crippen molar-refractivity contribution in [3.05, 3.63) is 64.8 Å². The summed E-state index contributed by atoms with van der Waals surface area (Å²) in [6.07, 6.45) is 2.04. The molecule has 11 heteroatoms. The summed E-state index contributed by atoms with van der Waals surface area (Å²) in [6, 6.07) is 12.9. The minimum Gasteiger partial charge on any atom is -0.350 e. The van der Waals surface area contributed by atoms with Crippen LogP contribution in [0.5, 0.6) is 0 Å². The van der Waals surface area contributed by atoms with Crippen molar-refractivity contribution in [2.24, 2.45) is 5.92 Å². The predicted octanol–water partition coefficient (Wildman–Crippen LogP) is 4.92. The Morgan fingerprint density at radius 3 is 2.44 bits per heavy atom. The fourth-order valence-electron chi connectivity index (χ4n) is 4.52. The molecule has 0 saturated heterocycles. The van der Waals surface area contributed by atoms with Crippen LogP contribution in [0, 0.1) is 31.1 Å². The van der Waals surface area contributed by atoms with E-state index in [1.54, 1.807) is 57.3 Å². The SMILES string of the molecule is CCCCC(=O)N(C)[C@H](C(=O)NCc1ccc(-c2ccccc2S(=O)(=O)Nc2onc(C)c2C)c(C#N)c1)C(C)C. The number of nitrogens with zero attached hydrogens (tertiary/aromatic N) is 3. The molecule has 218 valence electrons. The minimum absolute atomic E-state index is 0.0263. The van der Waals surface area contributed by atoms with Gasteiger partial charge in [0.25, 0.3) is 10.0 Å². The zero-order valence-corrected chi connectivity index (χ0v) is 25.1. The van der Waals surface area contributed by atoms with Crippen LogP contribution in [0.25, 0.3) is 11.1 Å². The van der Waals surface area contributed by atoms with Gasteiger partial charge in [-0.3, -0.25) is 9.59 Å². The molecule has 1 heterocycles. The molecule has 0 aliphatic rings. The number of sulfonamides is 1. The van der Waals surface area contributed by atoms with E-state index >= 15 is 0 Å². The average Bonchev–Trinajstić information content (AvgIpc) is 3.26. The highest BCUT2D eigenvalue weighted by atomic mass is 32.2. The van der Waals surface area contributed by atoms with Crippen LogP contribution in [0.3, 0.4) is 0 Å². The molecule has 3 aromatic rings. The molecule has 0 spiro atoms. The summed E-state index contributed by atoms with van der Waals surface area (Å²) in [6.45, 7) is 9.34. The van der Waals surface area contributed by atoms with Crippen LogP contribution in [0.4, 0.5) is 5.88 Å². The van der Waals surface area contributed by atoms with E-state index in [0.717, 1.165) is 12.8 Å². The monoisotopic (exact) mass is 579 g/mol. The fourth-order valence-corrected chi connectivity index (χ4v) is 5.79. The number of aryl methyl sites for hydroxylation is 1. The van der Waals surface area contributed by atoms with Gasteiger partial charge in [0.2, 0.25) is 17.7 Å². The molecule has 2 N–H and O–H groups in total. The second kappa shape index (κ2) is 13.5. The second-order valence-corrected chi connectivity index (χ2v) is 12.0. The summed E-state index contributed by atoms with van der Waals surface area (Å²) in [5.41, 5.74) is 2.82. The van der Waals surface area contributed by atoms with Crippen molar-refractivity contribution in [3.63, 3.8) is 0 Å². The average molecular weight is 580 g/mol. The number of rotatable bonds is 12. The number of carbonyl (C=O) groups excluding carboxylic acids is 2. The molecule has 1 aromatic heterocycles. The topological polar surface area (TPSA) is 145 Å². The van der Waals surface area contributed by atoms with Gasteiger partial charge >= 0.3 is 0 Å². The molecule has 0 aliphatic heterocycles. The van der Waals surface area contributed by atoms with Crippen LogP contribution < -0.4 is 10.0 Å². The van der Waals surface area contributed by atoms with E-state index < -0.39 is 16.1 Å². The maximum atomic E-state index is 13.3. The summed E-state index contributed by atoms with van der Waals surface area (Å²) >= 11 is 0. The number of carbonyl (C=O) groups is 2. The number of amides is 2. The molecule has 41 heavy (non-hydrogen) atoms. The van der Waals surface area contributed by atoms with E-state index in [1.807, 2.05) is 20.8 Å². The highest BCUT2D eigenvalue weighted by Gasteiger charge is 2.29. The Balaban J connectivity index is 1.84. The van der Waals surface area contributed by atoms with Gasteiger partial charge in [-0.1, -0.05) is 62.7 Å². The number of nitrogens with one attached hydrogen (secondary N) is 2. The first-order valence-electron chi connectivity index (χ1n) is 13.5. The van der Waals surface area contributed by atoms with Crippen molar-refractivity contribution in [2.75, 3.05) is 11.8 Å². The summed E-state index contributed by atoms with van der Waals surface area (Å²) in [4.78, 5) is 27.1. The highest BCUT2D eigenvalue weighted by molar-refractivity contribution is 7.92. The molecule has 0 saturated carbocycles. The molecule has 1 atom stereocenters. The zero-order chi connectivity index (χ0) is 30.3. The van der Waals surface area contributed by atoms with Gasteiger partial charge in [-0.2, -0.15) is 5.26 Å². The van der Waals surface area contributed by atoms with Gasteiger partial charge in [0.05, 0.1) is 22.2 Å². The molecule has 2 aromatic carbocycles. The van der Waals surface area contributed by atoms with Crippen LogP contribution in [0.15, 0.2) is 51.9 Å². The van der Waals surface area contributed by atoms with Crippen LogP contribution in [0.1, 0.15) is 62.4 Å². The Morgan fingerprint density at radius 1 is 1.12 bits per heavy atom. The number of benzene rings is 2. The highest BCUT2D eigenvalue weighted by Crippen LogP contribution is 2.32. The molecular formula is C30H37N5O5S. The largest absolute Gasteiger partial charge is 0.350 e. The number of likely N-dealkylation sites (N-methyl/N-ethyl adjacent to an activating group) is 1. The maximum absolute atomic E-state index is 13.3. The van der Waals surface area contributed by atoms with Gasteiger partial charge in [0.1, 0.15) is 6.04 Å². The lowest BCUT2D eigenvalue weighted by Crippen LogP contribution is -2.50. The van der Waals surface area contributed by atoms with Gasteiger partial charge in [0, 0.05) is 36.7 Å². The molecule has 0 bridgehead atoms. The first-order chi connectivity index (χ1) is 19.4. The van der Waals surface area contributed by atoms with Crippen molar-refractivity contribution in [1.82, 2.24) is 15.4 Å². The van der Waals surface area contributed by atoms with Crippen molar-refractivity contribution in [1.29, 1.82) is 5.26 Å². The first kappa shape index (κ1) is 31.4. The van der Waals surface area contributed by atoms with E-state index in [1.165, 1.54) is 11.0 Å². The van der Waals surface area contributed by atoms with Crippen LogP contribution >= 0.6 is 0 Å². The third kappa shape index (κ3) is 7.32. The Morgan fingerprint density at radius 2 is 1.83 bits per heavy atom. The lowest BCUT2D eigenvalue weighted by atomic mass is 9.97. The molecule has 10 nitrogen and oxygen atoms in total. The number of nitriles is 1. The Bertz CT molecular complexity index is 1560. The number of hydrogen-bond donors (Lipinski definition) is 2. The van der Waals surface area contributed by atoms with E-state index in [4.69, 9.17) is 4.52 Å². The summed E-state index contributed by atoms with van der Waals surface area (Å²) in [5, 5.41) is 16.6. The van der Waals surface area contributed by atoms with Crippen LogP contribution in [0.2, 0.25) is 0 Å². The summed E-state index contributed by atoms with van der Waals surface area (Å²) < 4.78 is 34.2. The minimum atomic E-state index is -4.08. The molecule has 0 aliphatic carbocycles.